The standard InChI is InChI=1S/C18H27N5O2S.HI/c1-19-18(20-7-8-23-16(24)5-2-6-17(23)25)22-11-9-21(10-12-22)14-15-4-3-13-26-15;/h3-4,13H,2,5-12,14H2,1H3,(H,19,20);1H. The number of rotatable bonds is 5. The maximum absolute atomic E-state index is 11.9. The van der Waals surface area contributed by atoms with Gasteiger partial charge in [-0.15, -0.1) is 35.3 Å². The molecule has 9 heteroatoms. The molecule has 0 aromatic carbocycles. The third kappa shape index (κ3) is 6.15. The molecule has 2 aliphatic heterocycles. The van der Waals surface area contributed by atoms with Crippen molar-refractivity contribution in [3.63, 3.8) is 0 Å². The summed E-state index contributed by atoms with van der Waals surface area (Å²) in [6.45, 7) is 5.81. The molecule has 0 aliphatic carbocycles. The molecule has 0 saturated carbocycles. The number of carbonyl (C=O) groups is 2. The molecule has 0 radical (unpaired) electrons. The van der Waals surface area contributed by atoms with Gasteiger partial charge in [0.2, 0.25) is 11.8 Å². The number of nitrogens with zero attached hydrogens (tertiary/aromatic N) is 4. The van der Waals surface area contributed by atoms with Crippen molar-refractivity contribution >= 4 is 53.1 Å². The number of carbonyl (C=O) groups excluding carboxylic acids is 2. The second kappa shape index (κ2) is 11.0. The van der Waals surface area contributed by atoms with Crippen molar-refractivity contribution < 1.29 is 9.59 Å². The number of imide groups is 1. The lowest BCUT2D eigenvalue weighted by molar-refractivity contribution is -0.147. The van der Waals surface area contributed by atoms with Crippen LogP contribution in [0, 0.1) is 0 Å². The van der Waals surface area contributed by atoms with Crippen LogP contribution in [0.5, 0.6) is 0 Å². The zero-order valence-corrected chi connectivity index (χ0v) is 18.9. The van der Waals surface area contributed by atoms with Crippen LogP contribution in [0.1, 0.15) is 24.1 Å². The van der Waals surface area contributed by atoms with Crippen molar-refractivity contribution in [1.82, 2.24) is 20.0 Å². The summed E-state index contributed by atoms with van der Waals surface area (Å²) in [5.41, 5.74) is 0. The van der Waals surface area contributed by atoms with E-state index < -0.39 is 0 Å². The number of hydrogen-bond acceptors (Lipinski definition) is 5. The zero-order valence-electron chi connectivity index (χ0n) is 15.7. The van der Waals surface area contributed by atoms with Gasteiger partial charge in [0.1, 0.15) is 0 Å². The lowest BCUT2D eigenvalue weighted by Crippen LogP contribution is -2.53. The molecule has 2 amide bonds. The van der Waals surface area contributed by atoms with E-state index in [1.807, 2.05) is 0 Å². The van der Waals surface area contributed by atoms with E-state index in [-0.39, 0.29) is 35.8 Å². The Hall–Kier alpha value is -1.20. The first-order chi connectivity index (χ1) is 12.7. The molecule has 3 heterocycles. The molecule has 1 aromatic heterocycles. The highest BCUT2D eigenvalue weighted by atomic mass is 127. The number of guanidine groups is 1. The Morgan fingerprint density at radius 2 is 1.89 bits per heavy atom. The van der Waals surface area contributed by atoms with Crippen molar-refractivity contribution in [1.29, 1.82) is 0 Å². The minimum atomic E-state index is -0.0553. The van der Waals surface area contributed by atoms with Crippen LogP contribution in [0.2, 0.25) is 0 Å². The fraction of sp³-hybridized carbons (Fsp3) is 0.611. The first kappa shape index (κ1) is 22.1. The van der Waals surface area contributed by atoms with Crippen molar-refractivity contribution in [2.75, 3.05) is 46.3 Å². The van der Waals surface area contributed by atoms with Gasteiger partial charge < -0.3 is 10.2 Å². The van der Waals surface area contributed by atoms with Crippen LogP contribution < -0.4 is 5.32 Å². The summed E-state index contributed by atoms with van der Waals surface area (Å²) in [5, 5.41) is 5.42. The molecule has 2 saturated heterocycles. The highest BCUT2D eigenvalue weighted by molar-refractivity contribution is 14.0. The van der Waals surface area contributed by atoms with Gasteiger partial charge in [0.15, 0.2) is 5.96 Å². The van der Waals surface area contributed by atoms with Gasteiger partial charge in [0.05, 0.1) is 0 Å². The Morgan fingerprint density at radius 3 is 2.48 bits per heavy atom. The van der Waals surface area contributed by atoms with Crippen LogP contribution in [0.3, 0.4) is 0 Å². The minimum Gasteiger partial charge on any atom is -0.354 e. The lowest BCUT2D eigenvalue weighted by Gasteiger charge is -2.36. The maximum Gasteiger partial charge on any atom is 0.229 e. The molecule has 2 fully saturated rings. The van der Waals surface area contributed by atoms with Crippen molar-refractivity contribution in [3.8, 4) is 0 Å². The van der Waals surface area contributed by atoms with Crippen molar-refractivity contribution in [2.45, 2.75) is 25.8 Å². The van der Waals surface area contributed by atoms with Gasteiger partial charge in [0, 0.05) is 70.6 Å². The first-order valence-corrected chi connectivity index (χ1v) is 10.1. The predicted octanol–water partition coefficient (Wildman–Crippen LogP) is 1.60. The number of piperidine rings is 1. The van der Waals surface area contributed by atoms with E-state index in [4.69, 9.17) is 0 Å². The third-order valence-electron chi connectivity index (χ3n) is 4.85. The number of halogens is 1. The van der Waals surface area contributed by atoms with Crippen LogP contribution in [-0.4, -0.2) is 78.8 Å². The predicted molar refractivity (Wildman–Crippen MR) is 119 cm³/mol. The van der Waals surface area contributed by atoms with Crippen LogP contribution in [-0.2, 0) is 16.1 Å². The third-order valence-corrected chi connectivity index (χ3v) is 5.71. The molecule has 7 nitrogen and oxygen atoms in total. The molecule has 27 heavy (non-hydrogen) atoms. The quantitative estimate of drug-likeness (QED) is 0.285. The van der Waals surface area contributed by atoms with Gasteiger partial charge in [-0.1, -0.05) is 6.07 Å². The number of hydrogen-bond donors (Lipinski definition) is 1. The summed E-state index contributed by atoms with van der Waals surface area (Å²) in [7, 11) is 1.78. The summed E-state index contributed by atoms with van der Waals surface area (Å²) in [5.74, 6) is 0.734. The van der Waals surface area contributed by atoms with E-state index in [1.165, 1.54) is 9.78 Å². The number of amides is 2. The van der Waals surface area contributed by atoms with E-state index >= 15 is 0 Å². The van der Waals surface area contributed by atoms with Crippen LogP contribution in [0.15, 0.2) is 22.5 Å². The van der Waals surface area contributed by atoms with Gasteiger partial charge in [-0.3, -0.25) is 24.4 Å². The number of likely N-dealkylation sites (tertiary alicyclic amines) is 1. The minimum absolute atomic E-state index is 0. The topological polar surface area (TPSA) is 68.2 Å². The first-order valence-electron chi connectivity index (χ1n) is 9.21. The molecule has 0 unspecified atom stereocenters. The Balaban J connectivity index is 0.00000261. The zero-order chi connectivity index (χ0) is 18.4. The fourth-order valence-electron chi connectivity index (χ4n) is 3.40. The monoisotopic (exact) mass is 505 g/mol. The molecule has 1 aromatic rings. The van der Waals surface area contributed by atoms with E-state index in [2.05, 4.69) is 37.6 Å². The number of piperazine rings is 1. The molecule has 0 bridgehead atoms. The SMILES string of the molecule is CN=C(NCCN1C(=O)CCCC1=O)N1CCN(Cc2cccs2)CC1.I. The lowest BCUT2D eigenvalue weighted by atomic mass is 10.1. The second-order valence-corrected chi connectivity index (χ2v) is 7.64. The van der Waals surface area contributed by atoms with Gasteiger partial charge >= 0.3 is 0 Å². The average molecular weight is 505 g/mol. The normalized spacial score (nSPS) is 19.2. The van der Waals surface area contributed by atoms with Gasteiger partial charge in [-0.2, -0.15) is 0 Å². The molecule has 0 spiro atoms. The number of thiophene rings is 1. The van der Waals surface area contributed by atoms with Gasteiger partial charge in [-0.05, 0) is 17.9 Å². The van der Waals surface area contributed by atoms with Crippen LogP contribution >= 0.6 is 35.3 Å². The van der Waals surface area contributed by atoms with E-state index in [9.17, 15) is 9.59 Å². The summed E-state index contributed by atoms with van der Waals surface area (Å²) >= 11 is 1.80. The molecule has 2 aliphatic rings. The van der Waals surface area contributed by atoms with Gasteiger partial charge in [-0.25, -0.2) is 0 Å². The molecule has 150 valence electrons. The fourth-order valence-corrected chi connectivity index (χ4v) is 4.15. The highest BCUT2D eigenvalue weighted by Gasteiger charge is 2.25. The second-order valence-electron chi connectivity index (χ2n) is 6.61. The average Bonchev–Trinajstić information content (AvgIpc) is 3.15. The number of aliphatic imine (C=N–C) groups is 1. The molecule has 1 N–H and O–H groups in total. The van der Waals surface area contributed by atoms with Crippen molar-refractivity contribution in [2.24, 2.45) is 4.99 Å². The highest BCUT2D eigenvalue weighted by Crippen LogP contribution is 2.14. The molecule has 3 rings (SSSR count). The largest absolute Gasteiger partial charge is 0.354 e. The Bertz CT molecular complexity index is 628. The Labute approximate surface area is 181 Å². The van der Waals surface area contributed by atoms with E-state index in [0.717, 1.165) is 38.7 Å². The smallest absolute Gasteiger partial charge is 0.229 e. The molecular formula is C18H28IN5O2S. The number of nitrogens with one attached hydrogen (secondary N) is 1. The molecular weight excluding hydrogens is 477 g/mol. The summed E-state index contributed by atoms with van der Waals surface area (Å²) < 4.78 is 0. The summed E-state index contributed by atoms with van der Waals surface area (Å²) in [6.07, 6.45) is 1.64. The van der Waals surface area contributed by atoms with Crippen LogP contribution in [0.25, 0.3) is 0 Å². The van der Waals surface area contributed by atoms with Crippen molar-refractivity contribution in [3.05, 3.63) is 22.4 Å². The van der Waals surface area contributed by atoms with Gasteiger partial charge in [0.25, 0.3) is 0 Å². The molecule has 0 atom stereocenters. The summed E-state index contributed by atoms with van der Waals surface area (Å²) in [6, 6.07) is 4.28. The van der Waals surface area contributed by atoms with E-state index in [0.29, 0.717) is 32.4 Å². The van der Waals surface area contributed by atoms with E-state index in [1.54, 1.807) is 18.4 Å². The van der Waals surface area contributed by atoms with Crippen LogP contribution in [0.4, 0.5) is 0 Å². The Morgan fingerprint density at radius 1 is 1.19 bits per heavy atom. The maximum atomic E-state index is 11.9. The summed E-state index contributed by atoms with van der Waals surface area (Å²) in [4.78, 5) is 35.5. The Kier molecular flexibility index (Phi) is 8.97.